The Morgan fingerprint density at radius 3 is 2.44 bits per heavy atom. The largest absolute Gasteiger partial charge is 0.344 e. The highest BCUT2D eigenvalue weighted by atomic mass is 19.1. The molecule has 3 rings (SSSR count). The monoisotopic (exact) mass is 340 g/mol. The third-order valence-electron chi connectivity index (χ3n) is 4.34. The van der Waals surface area contributed by atoms with Crippen LogP contribution in [0.4, 0.5) is 10.1 Å². The van der Waals surface area contributed by atoms with E-state index in [1.54, 1.807) is 17.0 Å². The zero-order chi connectivity index (χ0) is 18.0. The van der Waals surface area contributed by atoms with Crippen molar-refractivity contribution in [1.29, 1.82) is 0 Å². The molecule has 0 radical (unpaired) electrons. The fraction of sp³-hybridized carbons (Fsp3) is 0.300. The molecule has 4 nitrogen and oxygen atoms in total. The molecule has 0 spiro atoms. The van der Waals surface area contributed by atoms with Crippen molar-refractivity contribution < 1.29 is 14.0 Å². The number of hydrogen-bond acceptors (Lipinski definition) is 2. The van der Waals surface area contributed by atoms with Gasteiger partial charge < -0.3 is 10.2 Å². The molecule has 1 fully saturated rings. The molecule has 2 aromatic rings. The standard InChI is InChI=1S/C20H21FN2O2/c1-13-9-14(2)11-17(10-13)23-8-7-18(20(23)25)22-19(24)12-15-3-5-16(21)6-4-15/h3-6,9-11,18H,7-8,12H2,1-2H3,(H,22,24). The zero-order valence-electron chi connectivity index (χ0n) is 14.4. The minimum atomic E-state index is -0.506. The van der Waals surface area contributed by atoms with E-state index in [9.17, 15) is 14.0 Å². The molecule has 1 heterocycles. The molecule has 130 valence electrons. The van der Waals surface area contributed by atoms with Gasteiger partial charge in [-0.15, -0.1) is 0 Å². The number of halogens is 1. The second kappa shape index (κ2) is 7.05. The van der Waals surface area contributed by atoms with Crippen LogP contribution < -0.4 is 10.2 Å². The molecule has 1 N–H and O–H groups in total. The van der Waals surface area contributed by atoms with Gasteiger partial charge in [0.2, 0.25) is 11.8 Å². The van der Waals surface area contributed by atoms with Gasteiger partial charge >= 0.3 is 0 Å². The lowest BCUT2D eigenvalue weighted by Crippen LogP contribution is -2.42. The second-order valence-corrected chi connectivity index (χ2v) is 6.55. The quantitative estimate of drug-likeness (QED) is 0.930. The number of amides is 2. The highest BCUT2D eigenvalue weighted by Crippen LogP contribution is 2.24. The average molecular weight is 340 g/mol. The summed E-state index contributed by atoms with van der Waals surface area (Å²) < 4.78 is 12.9. The molecule has 0 aliphatic carbocycles. The summed E-state index contributed by atoms with van der Waals surface area (Å²) in [5.74, 6) is -0.649. The molecule has 5 heteroatoms. The van der Waals surface area contributed by atoms with E-state index in [-0.39, 0.29) is 24.1 Å². The lowest BCUT2D eigenvalue weighted by atomic mass is 10.1. The number of nitrogens with one attached hydrogen (secondary N) is 1. The molecule has 0 bridgehead atoms. The molecular formula is C20H21FN2O2. The molecular weight excluding hydrogens is 319 g/mol. The van der Waals surface area contributed by atoms with Gasteiger partial charge in [0.05, 0.1) is 6.42 Å². The lowest BCUT2D eigenvalue weighted by molar-refractivity contribution is -0.126. The maximum atomic E-state index is 12.9. The number of hydrogen-bond donors (Lipinski definition) is 1. The van der Waals surface area contributed by atoms with Gasteiger partial charge in [-0.3, -0.25) is 9.59 Å². The molecule has 25 heavy (non-hydrogen) atoms. The average Bonchev–Trinajstić information content (AvgIpc) is 2.89. The third kappa shape index (κ3) is 4.05. The Morgan fingerprint density at radius 2 is 1.80 bits per heavy atom. The molecule has 1 saturated heterocycles. The zero-order valence-corrected chi connectivity index (χ0v) is 14.4. The van der Waals surface area contributed by atoms with Gasteiger partial charge in [-0.05, 0) is 61.2 Å². The first-order valence-corrected chi connectivity index (χ1v) is 8.36. The van der Waals surface area contributed by atoms with E-state index in [0.29, 0.717) is 13.0 Å². The summed E-state index contributed by atoms with van der Waals surface area (Å²) in [7, 11) is 0. The number of carbonyl (C=O) groups excluding carboxylic acids is 2. The maximum absolute atomic E-state index is 12.9. The molecule has 1 aliphatic rings. The Hall–Kier alpha value is -2.69. The summed E-state index contributed by atoms with van der Waals surface area (Å²) in [5, 5.41) is 2.80. The van der Waals surface area contributed by atoms with Crippen LogP contribution in [0.25, 0.3) is 0 Å². The van der Waals surface area contributed by atoms with Crippen molar-refractivity contribution in [1.82, 2.24) is 5.32 Å². The first-order chi connectivity index (χ1) is 11.9. The van der Waals surface area contributed by atoms with Crippen LogP contribution in [0.3, 0.4) is 0 Å². The number of aryl methyl sites for hydroxylation is 2. The fourth-order valence-electron chi connectivity index (χ4n) is 3.21. The van der Waals surface area contributed by atoms with Crippen molar-refractivity contribution in [2.24, 2.45) is 0 Å². The molecule has 1 unspecified atom stereocenters. The molecule has 1 aliphatic heterocycles. The van der Waals surface area contributed by atoms with E-state index >= 15 is 0 Å². The minimum absolute atomic E-state index is 0.0857. The van der Waals surface area contributed by atoms with Crippen molar-refractivity contribution in [3.8, 4) is 0 Å². The Balaban J connectivity index is 1.63. The van der Waals surface area contributed by atoms with Gasteiger partial charge in [0.1, 0.15) is 11.9 Å². The number of rotatable bonds is 4. The number of carbonyl (C=O) groups is 2. The van der Waals surface area contributed by atoms with Crippen molar-refractivity contribution in [3.05, 3.63) is 65.0 Å². The van der Waals surface area contributed by atoms with Crippen molar-refractivity contribution in [2.45, 2.75) is 32.7 Å². The van der Waals surface area contributed by atoms with Gasteiger partial charge in [-0.2, -0.15) is 0 Å². The van der Waals surface area contributed by atoms with Crippen LogP contribution in [-0.2, 0) is 16.0 Å². The number of nitrogens with zero attached hydrogens (tertiary/aromatic N) is 1. The van der Waals surface area contributed by atoms with Crippen LogP contribution in [-0.4, -0.2) is 24.4 Å². The number of anilines is 1. The van der Waals surface area contributed by atoms with E-state index in [0.717, 1.165) is 22.4 Å². The lowest BCUT2D eigenvalue weighted by Gasteiger charge is -2.18. The predicted molar refractivity (Wildman–Crippen MR) is 94.9 cm³/mol. The normalized spacial score (nSPS) is 17.0. The van der Waals surface area contributed by atoms with Gasteiger partial charge in [0, 0.05) is 12.2 Å². The Labute approximate surface area is 146 Å². The summed E-state index contributed by atoms with van der Waals surface area (Å²) in [6, 6.07) is 11.3. The summed E-state index contributed by atoms with van der Waals surface area (Å²) in [4.78, 5) is 26.5. The predicted octanol–water partition coefficient (Wildman–Crippen LogP) is 2.91. The highest BCUT2D eigenvalue weighted by molar-refractivity contribution is 6.01. The van der Waals surface area contributed by atoms with Crippen LogP contribution in [0.2, 0.25) is 0 Å². The second-order valence-electron chi connectivity index (χ2n) is 6.55. The van der Waals surface area contributed by atoms with Gasteiger partial charge in [0.15, 0.2) is 0 Å². The molecule has 0 aromatic heterocycles. The Kier molecular flexibility index (Phi) is 4.83. The van der Waals surface area contributed by atoms with Crippen LogP contribution in [0.15, 0.2) is 42.5 Å². The van der Waals surface area contributed by atoms with Gasteiger partial charge in [0.25, 0.3) is 0 Å². The highest BCUT2D eigenvalue weighted by Gasteiger charge is 2.33. The van der Waals surface area contributed by atoms with Crippen molar-refractivity contribution in [3.63, 3.8) is 0 Å². The van der Waals surface area contributed by atoms with Crippen molar-refractivity contribution in [2.75, 3.05) is 11.4 Å². The topological polar surface area (TPSA) is 49.4 Å². The van der Waals surface area contributed by atoms with E-state index < -0.39 is 6.04 Å². The summed E-state index contributed by atoms with van der Waals surface area (Å²) >= 11 is 0. The van der Waals surface area contributed by atoms with Crippen LogP contribution in [0, 0.1) is 19.7 Å². The van der Waals surface area contributed by atoms with E-state index in [1.165, 1.54) is 12.1 Å². The molecule has 1 atom stereocenters. The maximum Gasteiger partial charge on any atom is 0.249 e. The smallest absolute Gasteiger partial charge is 0.249 e. The van der Waals surface area contributed by atoms with Gasteiger partial charge in [-0.1, -0.05) is 18.2 Å². The van der Waals surface area contributed by atoms with Gasteiger partial charge in [-0.25, -0.2) is 4.39 Å². The number of benzene rings is 2. The van der Waals surface area contributed by atoms with E-state index in [2.05, 4.69) is 11.4 Å². The van der Waals surface area contributed by atoms with E-state index in [4.69, 9.17) is 0 Å². The SMILES string of the molecule is Cc1cc(C)cc(N2CCC(NC(=O)Cc3ccc(F)cc3)C2=O)c1. The first kappa shape index (κ1) is 17.1. The minimum Gasteiger partial charge on any atom is -0.344 e. The van der Waals surface area contributed by atoms with Crippen LogP contribution >= 0.6 is 0 Å². The summed E-state index contributed by atoms with van der Waals surface area (Å²) in [6.45, 7) is 4.58. The Bertz CT molecular complexity index is 782. The Morgan fingerprint density at radius 1 is 1.16 bits per heavy atom. The molecule has 0 saturated carbocycles. The summed E-state index contributed by atoms with van der Waals surface area (Å²) in [5.41, 5.74) is 3.80. The third-order valence-corrected chi connectivity index (χ3v) is 4.34. The first-order valence-electron chi connectivity index (χ1n) is 8.36. The van der Waals surface area contributed by atoms with E-state index in [1.807, 2.05) is 26.0 Å². The van der Waals surface area contributed by atoms with Crippen LogP contribution in [0.5, 0.6) is 0 Å². The fourth-order valence-corrected chi connectivity index (χ4v) is 3.21. The summed E-state index contributed by atoms with van der Waals surface area (Å²) in [6.07, 6.45) is 0.717. The van der Waals surface area contributed by atoms with Crippen molar-refractivity contribution >= 4 is 17.5 Å². The van der Waals surface area contributed by atoms with Crippen LogP contribution in [0.1, 0.15) is 23.1 Å². The molecule has 2 amide bonds. The molecule has 2 aromatic carbocycles.